The summed E-state index contributed by atoms with van der Waals surface area (Å²) in [6.07, 6.45) is -0.241. The van der Waals surface area contributed by atoms with E-state index in [2.05, 4.69) is 37.1 Å². The maximum Gasteiger partial charge on any atom is 0.330 e. The number of benzene rings is 2. The van der Waals surface area contributed by atoms with Crippen molar-refractivity contribution >= 4 is 22.8 Å². The number of hydrogen-bond donors (Lipinski definition) is 1. The molecule has 0 amide bonds. The van der Waals surface area contributed by atoms with Gasteiger partial charge in [-0.15, -0.1) is 0 Å². The number of aromatic nitrogens is 3. The maximum atomic E-state index is 14.0. The molecular weight excluding hydrogens is 456 g/mol. The number of nitrogens with zero attached hydrogens (tertiary/aromatic N) is 4. The van der Waals surface area contributed by atoms with Crippen molar-refractivity contribution in [2.24, 2.45) is 0 Å². The van der Waals surface area contributed by atoms with Gasteiger partial charge in [-0.3, -0.25) is 13.9 Å². The molecule has 1 aliphatic heterocycles. The van der Waals surface area contributed by atoms with E-state index in [9.17, 15) is 14.7 Å². The Bertz CT molecular complexity index is 1500. The van der Waals surface area contributed by atoms with Gasteiger partial charge in [0.2, 0.25) is 0 Å². The summed E-state index contributed by atoms with van der Waals surface area (Å²) < 4.78 is 8.58. The van der Waals surface area contributed by atoms with Crippen LogP contribution in [0.3, 0.4) is 0 Å². The molecule has 4 aromatic rings. The number of methoxy groups -OCH3 is 1. The Hall–Kier alpha value is -4.07. The summed E-state index contributed by atoms with van der Waals surface area (Å²) in [7, 11) is 3.65. The van der Waals surface area contributed by atoms with E-state index in [1.165, 1.54) is 16.8 Å². The minimum Gasteiger partial charge on any atom is -0.497 e. The molecule has 5 rings (SSSR count). The molecule has 36 heavy (non-hydrogen) atoms. The van der Waals surface area contributed by atoms with E-state index in [4.69, 9.17) is 9.72 Å². The van der Waals surface area contributed by atoms with Crippen LogP contribution >= 0.6 is 0 Å². The molecule has 1 unspecified atom stereocenters. The molecule has 0 aliphatic carbocycles. The van der Waals surface area contributed by atoms with Crippen LogP contribution in [-0.2, 0) is 11.3 Å². The zero-order chi connectivity index (χ0) is 25.6. The third-order valence-electron chi connectivity index (χ3n) is 7.15. The normalized spacial score (nSPS) is 15.8. The Morgan fingerprint density at radius 3 is 2.58 bits per heavy atom. The van der Waals surface area contributed by atoms with Gasteiger partial charge in [-0.2, -0.15) is 0 Å². The number of fused-ring (bicyclic) bond motifs is 2. The first-order chi connectivity index (χ1) is 17.3. The molecule has 2 atom stereocenters. The summed E-state index contributed by atoms with van der Waals surface area (Å²) in [6.45, 7) is 5.26. The summed E-state index contributed by atoms with van der Waals surface area (Å²) in [6, 6.07) is 16.6. The number of likely N-dealkylation sites (N-methyl/N-ethyl adjacent to an activating group) is 1. The molecule has 1 aliphatic rings. The molecule has 8 nitrogen and oxygen atoms in total. The highest BCUT2D eigenvalue weighted by Gasteiger charge is 2.31. The maximum absolute atomic E-state index is 14.0. The highest BCUT2D eigenvalue weighted by Crippen LogP contribution is 2.38. The zero-order valence-corrected chi connectivity index (χ0v) is 20.9. The van der Waals surface area contributed by atoms with Crippen LogP contribution in [0.15, 0.2) is 59.4 Å². The lowest BCUT2D eigenvalue weighted by atomic mass is 9.96. The first kappa shape index (κ1) is 23.7. The van der Waals surface area contributed by atoms with E-state index in [0.29, 0.717) is 29.0 Å². The second-order valence-corrected chi connectivity index (χ2v) is 9.53. The topological polar surface area (TPSA) is 89.6 Å². The van der Waals surface area contributed by atoms with Gasteiger partial charge in [0.15, 0.2) is 5.65 Å². The average molecular weight is 487 g/mol. The number of hydrogen-bond acceptors (Lipinski definition) is 5. The molecule has 2 aromatic carbocycles. The fourth-order valence-corrected chi connectivity index (χ4v) is 5.47. The van der Waals surface area contributed by atoms with Crippen LogP contribution in [0.5, 0.6) is 5.75 Å². The molecule has 2 aromatic heterocycles. The largest absolute Gasteiger partial charge is 0.497 e. The molecule has 0 spiro atoms. The van der Waals surface area contributed by atoms with Gasteiger partial charge >= 0.3 is 11.7 Å². The van der Waals surface area contributed by atoms with E-state index in [1.807, 2.05) is 31.2 Å². The highest BCUT2D eigenvalue weighted by atomic mass is 16.5. The quantitative estimate of drug-likeness (QED) is 0.423. The van der Waals surface area contributed by atoms with E-state index >= 15 is 0 Å². The molecule has 0 fully saturated rings. The van der Waals surface area contributed by atoms with Crippen LogP contribution in [0, 0.1) is 13.8 Å². The van der Waals surface area contributed by atoms with E-state index < -0.39 is 12.0 Å². The molecule has 3 heterocycles. The summed E-state index contributed by atoms with van der Waals surface area (Å²) in [4.78, 5) is 32.9. The lowest BCUT2D eigenvalue weighted by Gasteiger charge is -2.18. The van der Waals surface area contributed by atoms with Gasteiger partial charge in [-0.25, -0.2) is 9.78 Å². The van der Waals surface area contributed by atoms with Crippen molar-refractivity contribution in [3.63, 3.8) is 0 Å². The SMILES string of the molecule is COc1ccc([C@@H](CC(=O)O)n2c(=O)n(CC3CN(C)c4cccc(C)c43)c3ccc(C)nc32)cc1. The summed E-state index contributed by atoms with van der Waals surface area (Å²) in [5, 5.41) is 9.76. The first-order valence-electron chi connectivity index (χ1n) is 12.0. The van der Waals surface area contributed by atoms with Crippen LogP contribution in [0.4, 0.5) is 5.69 Å². The van der Waals surface area contributed by atoms with Gasteiger partial charge in [-0.05, 0) is 60.9 Å². The number of rotatable bonds is 7. The van der Waals surface area contributed by atoms with Crippen molar-refractivity contribution in [3.8, 4) is 5.75 Å². The number of imidazole rings is 1. The number of carboxylic acids is 1. The van der Waals surface area contributed by atoms with Crippen molar-refractivity contribution in [2.45, 2.75) is 38.8 Å². The number of carbonyl (C=O) groups is 1. The van der Waals surface area contributed by atoms with Crippen molar-refractivity contribution in [3.05, 3.63) is 87.5 Å². The van der Waals surface area contributed by atoms with Crippen LogP contribution in [0.25, 0.3) is 11.2 Å². The third kappa shape index (κ3) is 4.02. The van der Waals surface area contributed by atoms with Gasteiger partial charge in [-0.1, -0.05) is 24.3 Å². The van der Waals surface area contributed by atoms with E-state index in [0.717, 1.165) is 12.2 Å². The zero-order valence-electron chi connectivity index (χ0n) is 20.9. The summed E-state index contributed by atoms with van der Waals surface area (Å²) in [5.41, 5.74) is 6.07. The predicted molar refractivity (Wildman–Crippen MR) is 139 cm³/mol. The summed E-state index contributed by atoms with van der Waals surface area (Å²) in [5.74, 6) is -0.197. The smallest absolute Gasteiger partial charge is 0.330 e. The lowest BCUT2D eigenvalue weighted by molar-refractivity contribution is -0.137. The molecule has 8 heteroatoms. The fourth-order valence-electron chi connectivity index (χ4n) is 5.47. The highest BCUT2D eigenvalue weighted by molar-refractivity contribution is 5.74. The number of pyridine rings is 1. The van der Waals surface area contributed by atoms with E-state index in [-0.39, 0.29) is 18.0 Å². The van der Waals surface area contributed by atoms with E-state index in [1.54, 1.807) is 28.4 Å². The Balaban J connectivity index is 1.67. The van der Waals surface area contributed by atoms with Gasteiger partial charge in [0.05, 0.1) is 25.1 Å². The molecule has 1 N–H and O–H groups in total. The average Bonchev–Trinajstić information content (AvgIpc) is 3.31. The fraction of sp³-hybridized carbons (Fsp3) is 0.321. The molecule has 0 bridgehead atoms. The van der Waals surface area contributed by atoms with Crippen LogP contribution in [0.1, 0.15) is 40.8 Å². The first-order valence-corrected chi connectivity index (χ1v) is 12.0. The monoisotopic (exact) mass is 486 g/mol. The standard InChI is InChI=1S/C28H30N4O4/c1-17-6-5-7-22-26(17)20(15-30(22)3)16-31-23-13-8-18(2)29-27(23)32(28(31)35)24(14-25(33)34)19-9-11-21(36-4)12-10-19/h5-13,20,24H,14-16H2,1-4H3,(H,33,34)/t20?,24-/m1/s1. The van der Waals surface area contributed by atoms with Crippen molar-refractivity contribution in [1.82, 2.24) is 14.1 Å². The Kier molecular flexibility index (Phi) is 6.04. The van der Waals surface area contributed by atoms with Crippen LogP contribution in [0.2, 0.25) is 0 Å². The number of ether oxygens (including phenoxy) is 1. The minimum atomic E-state index is -0.988. The Labute approximate surface area is 209 Å². The van der Waals surface area contributed by atoms with Crippen LogP contribution < -0.4 is 15.3 Å². The second kappa shape index (κ2) is 9.18. The molecular formula is C28H30N4O4. The predicted octanol–water partition coefficient (Wildman–Crippen LogP) is 4.12. The van der Waals surface area contributed by atoms with Crippen LogP contribution in [-0.4, -0.2) is 45.9 Å². The molecule has 0 saturated carbocycles. The number of aliphatic carboxylic acids is 1. The van der Waals surface area contributed by atoms with Gasteiger partial charge in [0.25, 0.3) is 0 Å². The molecule has 0 saturated heterocycles. The third-order valence-corrected chi connectivity index (χ3v) is 7.15. The van der Waals surface area contributed by atoms with Gasteiger partial charge in [0.1, 0.15) is 5.75 Å². The number of aryl methyl sites for hydroxylation is 2. The minimum absolute atomic E-state index is 0.128. The number of carboxylic acid groups (broad SMARTS) is 1. The number of anilines is 1. The van der Waals surface area contributed by atoms with Crippen molar-refractivity contribution in [2.75, 3.05) is 25.6 Å². The van der Waals surface area contributed by atoms with Crippen molar-refractivity contribution < 1.29 is 14.6 Å². The molecule has 0 radical (unpaired) electrons. The van der Waals surface area contributed by atoms with Crippen molar-refractivity contribution in [1.29, 1.82) is 0 Å². The summed E-state index contributed by atoms with van der Waals surface area (Å²) >= 11 is 0. The molecule has 186 valence electrons. The van der Waals surface area contributed by atoms with Gasteiger partial charge < -0.3 is 14.7 Å². The lowest BCUT2D eigenvalue weighted by Crippen LogP contribution is -2.31. The second-order valence-electron chi connectivity index (χ2n) is 9.53. The Morgan fingerprint density at radius 1 is 1.14 bits per heavy atom. The Morgan fingerprint density at radius 2 is 1.89 bits per heavy atom. The van der Waals surface area contributed by atoms with Gasteiger partial charge in [0, 0.05) is 37.4 Å².